The molecule has 4 rings (SSSR count). The van der Waals surface area contributed by atoms with Gasteiger partial charge in [0.1, 0.15) is 35.6 Å². The zero-order valence-corrected chi connectivity index (χ0v) is 23.4. The highest BCUT2D eigenvalue weighted by molar-refractivity contribution is 6.30. The quantitative estimate of drug-likeness (QED) is 0.193. The number of carbonyl (C=O) groups excluding carboxylic acids is 1. The third kappa shape index (κ3) is 6.63. The fourth-order valence-corrected chi connectivity index (χ4v) is 4.80. The number of hydrogen-bond donors (Lipinski definition) is 2. The van der Waals surface area contributed by atoms with Crippen LogP contribution in [0.2, 0.25) is 5.02 Å². The Kier molecular flexibility index (Phi) is 8.89. The van der Waals surface area contributed by atoms with Gasteiger partial charge in [0.2, 0.25) is 0 Å². The molecule has 0 spiro atoms. The first-order valence-corrected chi connectivity index (χ1v) is 12.7. The fraction of sp³-hybridized carbons (Fsp3) is 0.276. The van der Waals surface area contributed by atoms with E-state index in [-0.39, 0.29) is 24.2 Å². The summed E-state index contributed by atoms with van der Waals surface area (Å²) in [6, 6.07) is 11.2. The summed E-state index contributed by atoms with van der Waals surface area (Å²) >= 11 is 6.21. The number of hydrogen-bond acceptors (Lipinski definition) is 7. The monoisotopic (exact) mass is 592 g/mol. The lowest BCUT2D eigenvalue weighted by Crippen LogP contribution is -2.31. The minimum absolute atomic E-state index is 0.0424. The second-order valence-electron chi connectivity index (χ2n) is 9.12. The Labute approximate surface area is 239 Å². The Morgan fingerprint density at radius 3 is 2.44 bits per heavy atom. The number of methoxy groups -OCH3 is 2. The molecule has 0 bridgehead atoms. The van der Waals surface area contributed by atoms with Crippen molar-refractivity contribution >= 4 is 34.0 Å². The fourth-order valence-electron chi connectivity index (χ4n) is 4.63. The van der Waals surface area contributed by atoms with Crippen molar-refractivity contribution in [1.82, 2.24) is 4.98 Å². The number of Topliss-reactive ketones (excluding diaryl/α,β-unsaturated/α-hetero) is 1. The largest absolute Gasteiger partial charge is 0.573 e. The van der Waals surface area contributed by atoms with Crippen molar-refractivity contribution in [3.05, 3.63) is 76.4 Å². The van der Waals surface area contributed by atoms with Gasteiger partial charge < -0.3 is 33.9 Å². The van der Waals surface area contributed by atoms with E-state index in [2.05, 4.69) is 9.72 Å². The van der Waals surface area contributed by atoms with E-state index in [9.17, 15) is 23.1 Å². The number of aliphatic hydroxyl groups is 1. The number of rotatable bonds is 11. The number of H-pyrrole nitrogens is 1. The van der Waals surface area contributed by atoms with Crippen LogP contribution in [0.4, 0.5) is 18.9 Å². The Hall–Kier alpha value is -4.09. The van der Waals surface area contributed by atoms with Crippen LogP contribution in [0.3, 0.4) is 0 Å². The molecule has 0 aliphatic heterocycles. The van der Waals surface area contributed by atoms with E-state index >= 15 is 0 Å². The summed E-state index contributed by atoms with van der Waals surface area (Å²) in [5.41, 5.74) is 2.08. The lowest BCUT2D eigenvalue weighted by molar-refractivity contribution is -0.274. The SMILES string of the molecule is COc1cc(OCCO)cc(N(C)C(C(=O)c2c[nH]c3c(C)cc(OC(F)(F)F)cc23)c2ccc(Cl)cc2OC)c1. The molecule has 1 heterocycles. The number of benzene rings is 3. The molecule has 2 N–H and O–H groups in total. The highest BCUT2D eigenvalue weighted by atomic mass is 35.5. The number of aromatic amines is 1. The lowest BCUT2D eigenvalue weighted by atomic mass is 9.94. The van der Waals surface area contributed by atoms with Gasteiger partial charge in [-0.05, 0) is 36.8 Å². The second kappa shape index (κ2) is 12.2. The van der Waals surface area contributed by atoms with Crippen LogP contribution in [-0.4, -0.2) is 56.7 Å². The van der Waals surface area contributed by atoms with Crippen LogP contribution in [0.5, 0.6) is 23.0 Å². The van der Waals surface area contributed by atoms with Crippen molar-refractivity contribution in [1.29, 1.82) is 0 Å². The molecule has 0 aliphatic carbocycles. The van der Waals surface area contributed by atoms with E-state index in [4.69, 9.17) is 25.8 Å². The van der Waals surface area contributed by atoms with Gasteiger partial charge in [0.15, 0.2) is 5.78 Å². The summed E-state index contributed by atoms with van der Waals surface area (Å²) in [6.45, 7) is 1.46. The van der Waals surface area contributed by atoms with Gasteiger partial charge in [-0.25, -0.2) is 0 Å². The van der Waals surface area contributed by atoms with E-state index < -0.39 is 23.9 Å². The van der Waals surface area contributed by atoms with Crippen molar-refractivity contribution in [3.63, 3.8) is 0 Å². The maximum absolute atomic E-state index is 14.4. The number of carbonyl (C=O) groups is 1. The zero-order valence-electron chi connectivity index (χ0n) is 22.6. The summed E-state index contributed by atoms with van der Waals surface area (Å²) in [7, 11) is 4.60. The molecule has 41 heavy (non-hydrogen) atoms. The average molecular weight is 593 g/mol. The molecule has 1 aromatic heterocycles. The van der Waals surface area contributed by atoms with Crippen molar-refractivity contribution in [3.8, 4) is 23.0 Å². The molecular formula is C29H28ClF3N2O6. The van der Waals surface area contributed by atoms with Gasteiger partial charge in [0, 0.05) is 64.2 Å². The molecule has 0 amide bonds. The molecule has 1 unspecified atom stereocenters. The molecule has 4 aromatic rings. The van der Waals surface area contributed by atoms with E-state index in [1.165, 1.54) is 32.5 Å². The summed E-state index contributed by atoms with van der Waals surface area (Å²) in [5.74, 6) is 0.283. The summed E-state index contributed by atoms with van der Waals surface area (Å²) in [5, 5.41) is 9.85. The molecule has 0 saturated carbocycles. The van der Waals surface area contributed by atoms with Crippen LogP contribution >= 0.6 is 11.6 Å². The average Bonchev–Trinajstić information content (AvgIpc) is 3.35. The summed E-state index contributed by atoms with van der Waals surface area (Å²) < 4.78 is 59.8. The Bertz CT molecular complexity index is 1560. The zero-order chi connectivity index (χ0) is 29.9. The topological polar surface area (TPSA) is 93.2 Å². The van der Waals surface area contributed by atoms with Crippen LogP contribution in [0, 0.1) is 6.92 Å². The van der Waals surface area contributed by atoms with E-state index in [0.717, 1.165) is 0 Å². The summed E-state index contributed by atoms with van der Waals surface area (Å²) in [6.07, 6.45) is -3.44. The molecule has 8 nitrogen and oxygen atoms in total. The first kappa shape index (κ1) is 29.9. The minimum atomic E-state index is -4.90. The van der Waals surface area contributed by atoms with Gasteiger partial charge in [-0.1, -0.05) is 17.7 Å². The first-order chi connectivity index (χ1) is 19.4. The number of ketones is 1. The Balaban J connectivity index is 1.89. The molecule has 0 aliphatic rings. The maximum atomic E-state index is 14.4. The first-order valence-electron chi connectivity index (χ1n) is 12.4. The molecule has 1 atom stereocenters. The van der Waals surface area contributed by atoms with Crippen molar-refractivity contribution in [2.45, 2.75) is 19.3 Å². The predicted octanol–water partition coefficient (Wildman–Crippen LogP) is 6.48. The van der Waals surface area contributed by atoms with E-state index in [1.807, 2.05) is 0 Å². The minimum Gasteiger partial charge on any atom is -0.497 e. The van der Waals surface area contributed by atoms with Gasteiger partial charge in [-0.2, -0.15) is 0 Å². The second-order valence-corrected chi connectivity index (χ2v) is 9.55. The molecule has 218 valence electrons. The standard InChI is InChI=1S/C29H28ClF3N2O6/c1-16-9-21(41-29(31,32)33)14-23-24(15-34-26(16)23)28(37)27(22-6-5-17(30)10-25(22)39-4)35(2)18-11-19(38-3)13-20(12-18)40-8-7-36/h5-6,9-15,27,34,36H,7-8H2,1-4H3. The lowest BCUT2D eigenvalue weighted by Gasteiger charge is -2.31. The van der Waals surface area contributed by atoms with Gasteiger partial charge >= 0.3 is 6.36 Å². The number of aryl methyl sites for hydroxylation is 1. The molecule has 0 radical (unpaired) electrons. The number of aliphatic hydroxyl groups excluding tert-OH is 1. The van der Waals surface area contributed by atoms with Crippen LogP contribution < -0.4 is 23.8 Å². The molecular weight excluding hydrogens is 565 g/mol. The predicted molar refractivity (Wildman–Crippen MR) is 149 cm³/mol. The summed E-state index contributed by atoms with van der Waals surface area (Å²) in [4.78, 5) is 19.1. The Morgan fingerprint density at radius 2 is 1.78 bits per heavy atom. The molecule has 0 saturated heterocycles. The van der Waals surface area contributed by atoms with Crippen molar-refractivity contribution < 1.29 is 42.0 Å². The van der Waals surface area contributed by atoms with Crippen LogP contribution in [0.1, 0.15) is 27.5 Å². The van der Waals surface area contributed by atoms with Crippen LogP contribution in [0.15, 0.2) is 54.7 Å². The number of anilines is 1. The normalized spacial score (nSPS) is 12.2. The van der Waals surface area contributed by atoms with Crippen molar-refractivity contribution in [2.75, 3.05) is 39.4 Å². The highest BCUT2D eigenvalue weighted by Gasteiger charge is 2.34. The van der Waals surface area contributed by atoms with Gasteiger partial charge in [-0.15, -0.1) is 13.2 Å². The van der Waals surface area contributed by atoms with Gasteiger partial charge in [0.25, 0.3) is 0 Å². The number of nitrogens with zero attached hydrogens (tertiary/aromatic N) is 1. The third-order valence-electron chi connectivity index (χ3n) is 6.45. The van der Waals surface area contributed by atoms with Crippen molar-refractivity contribution in [2.24, 2.45) is 0 Å². The number of fused-ring (bicyclic) bond motifs is 1. The third-order valence-corrected chi connectivity index (χ3v) is 6.69. The number of alkyl halides is 3. The highest BCUT2D eigenvalue weighted by Crippen LogP contribution is 2.40. The maximum Gasteiger partial charge on any atom is 0.573 e. The Morgan fingerprint density at radius 1 is 1.05 bits per heavy atom. The number of aromatic nitrogens is 1. The number of likely N-dealkylation sites (N-methyl/N-ethyl adjacent to an activating group) is 1. The van der Waals surface area contributed by atoms with E-state index in [1.54, 1.807) is 55.3 Å². The van der Waals surface area contributed by atoms with E-state index in [0.29, 0.717) is 44.6 Å². The molecule has 12 heteroatoms. The molecule has 3 aromatic carbocycles. The van der Waals surface area contributed by atoms with Crippen LogP contribution in [-0.2, 0) is 0 Å². The smallest absolute Gasteiger partial charge is 0.497 e. The molecule has 0 fully saturated rings. The van der Waals surface area contributed by atoms with Gasteiger partial charge in [-0.3, -0.25) is 4.79 Å². The number of ether oxygens (including phenoxy) is 4. The van der Waals surface area contributed by atoms with Crippen LogP contribution in [0.25, 0.3) is 10.9 Å². The van der Waals surface area contributed by atoms with Gasteiger partial charge in [0.05, 0.1) is 20.8 Å². The number of nitrogens with one attached hydrogen (secondary N) is 1. The number of halogens is 4.